The number of benzene rings is 1. The highest BCUT2D eigenvalue weighted by Gasteiger charge is 2.04. The Balaban J connectivity index is 3.09. The summed E-state index contributed by atoms with van der Waals surface area (Å²) in [4.78, 5) is 14.0. The van der Waals surface area contributed by atoms with Crippen molar-refractivity contribution in [1.29, 1.82) is 0 Å². The normalized spacial score (nSPS) is 10.5. The lowest BCUT2D eigenvalue weighted by Crippen LogP contribution is -2.05. The lowest BCUT2D eigenvalue weighted by Gasteiger charge is -2.01. The van der Waals surface area contributed by atoms with Gasteiger partial charge in [0, 0.05) is 11.6 Å². The van der Waals surface area contributed by atoms with Crippen LogP contribution in [0.2, 0.25) is 0 Å². The van der Waals surface area contributed by atoms with Gasteiger partial charge in [-0.3, -0.25) is 4.79 Å². The SMILES string of the molecule is Cc1ccc(O)c2cc[nH]c(=O)c12. The van der Waals surface area contributed by atoms with Crippen molar-refractivity contribution >= 4 is 10.8 Å². The highest BCUT2D eigenvalue weighted by molar-refractivity contribution is 5.89. The van der Waals surface area contributed by atoms with E-state index in [0.29, 0.717) is 10.8 Å². The average Bonchev–Trinajstić information content (AvgIpc) is 2.12. The van der Waals surface area contributed by atoms with Gasteiger partial charge in [-0.2, -0.15) is 0 Å². The molecule has 0 saturated heterocycles. The fourth-order valence-corrected chi connectivity index (χ4v) is 1.46. The van der Waals surface area contributed by atoms with Crippen LogP contribution in [0.4, 0.5) is 0 Å². The van der Waals surface area contributed by atoms with Gasteiger partial charge >= 0.3 is 0 Å². The van der Waals surface area contributed by atoms with Crippen molar-refractivity contribution in [1.82, 2.24) is 4.98 Å². The van der Waals surface area contributed by atoms with E-state index in [4.69, 9.17) is 0 Å². The van der Waals surface area contributed by atoms with Crippen molar-refractivity contribution in [2.75, 3.05) is 0 Å². The standard InChI is InChI=1S/C10H9NO2/c1-6-2-3-8(12)7-4-5-11-10(13)9(6)7/h2-5,12H,1H3,(H,11,13). The Labute approximate surface area is 74.7 Å². The molecule has 0 bridgehead atoms. The maximum Gasteiger partial charge on any atom is 0.256 e. The van der Waals surface area contributed by atoms with E-state index in [0.717, 1.165) is 5.56 Å². The summed E-state index contributed by atoms with van der Waals surface area (Å²) in [7, 11) is 0. The summed E-state index contributed by atoms with van der Waals surface area (Å²) >= 11 is 0. The van der Waals surface area contributed by atoms with Crippen molar-refractivity contribution in [2.45, 2.75) is 6.92 Å². The third kappa shape index (κ3) is 1.09. The van der Waals surface area contributed by atoms with Gasteiger partial charge in [-0.15, -0.1) is 0 Å². The Bertz CT molecular complexity index is 514. The number of rotatable bonds is 0. The quantitative estimate of drug-likeness (QED) is 0.638. The van der Waals surface area contributed by atoms with E-state index in [9.17, 15) is 9.90 Å². The van der Waals surface area contributed by atoms with Gasteiger partial charge in [-0.1, -0.05) is 6.07 Å². The molecule has 0 amide bonds. The number of hydrogen-bond donors (Lipinski definition) is 2. The maximum absolute atomic E-state index is 11.4. The molecule has 0 fully saturated rings. The molecule has 0 atom stereocenters. The minimum absolute atomic E-state index is 0.145. The minimum Gasteiger partial charge on any atom is -0.507 e. The lowest BCUT2D eigenvalue weighted by atomic mass is 10.1. The molecular formula is C10H9NO2. The number of nitrogens with one attached hydrogen (secondary N) is 1. The number of pyridine rings is 1. The second kappa shape index (κ2) is 2.62. The van der Waals surface area contributed by atoms with E-state index >= 15 is 0 Å². The molecule has 1 heterocycles. The van der Waals surface area contributed by atoms with Gasteiger partial charge in [0.25, 0.3) is 5.56 Å². The predicted molar refractivity (Wildman–Crippen MR) is 51.0 cm³/mol. The molecule has 3 nitrogen and oxygen atoms in total. The molecule has 3 heteroatoms. The van der Waals surface area contributed by atoms with Crippen LogP contribution in [-0.2, 0) is 0 Å². The fraction of sp³-hybridized carbons (Fsp3) is 0.100. The first kappa shape index (κ1) is 7.86. The largest absolute Gasteiger partial charge is 0.507 e. The van der Waals surface area contributed by atoms with Crippen molar-refractivity contribution in [2.24, 2.45) is 0 Å². The van der Waals surface area contributed by atoms with Crippen LogP contribution < -0.4 is 5.56 Å². The molecule has 0 unspecified atom stereocenters. The van der Waals surface area contributed by atoms with Crippen LogP contribution >= 0.6 is 0 Å². The van der Waals surface area contributed by atoms with Crippen molar-refractivity contribution in [3.8, 4) is 5.75 Å². The summed E-state index contributed by atoms with van der Waals surface area (Å²) in [6.45, 7) is 1.84. The molecule has 0 aliphatic rings. The summed E-state index contributed by atoms with van der Waals surface area (Å²) in [6.07, 6.45) is 1.53. The molecule has 2 rings (SSSR count). The van der Waals surface area contributed by atoms with E-state index in [2.05, 4.69) is 4.98 Å². The summed E-state index contributed by atoms with van der Waals surface area (Å²) in [6, 6.07) is 5.02. The van der Waals surface area contributed by atoms with Gasteiger partial charge in [0.05, 0.1) is 5.39 Å². The molecule has 0 aliphatic carbocycles. The second-order valence-electron chi connectivity index (χ2n) is 3.00. The number of fused-ring (bicyclic) bond motifs is 1. The van der Waals surface area contributed by atoms with Gasteiger partial charge in [0.15, 0.2) is 0 Å². The number of H-pyrrole nitrogens is 1. The van der Waals surface area contributed by atoms with Crippen molar-refractivity contribution < 1.29 is 5.11 Å². The summed E-state index contributed by atoms with van der Waals surface area (Å²) < 4.78 is 0. The zero-order chi connectivity index (χ0) is 9.42. The number of aromatic hydroxyl groups is 1. The van der Waals surface area contributed by atoms with Crippen LogP contribution in [0.5, 0.6) is 5.75 Å². The second-order valence-corrected chi connectivity index (χ2v) is 3.00. The Morgan fingerprint density at radius 3 is 2.77 bits per heavy atom. The number of aromatic nitrogens is 1. The molecule has 2 aromatic rings. The number of aryl methyl sites for hydroxylation is 1. The summed E-state index contributed by atoms with van der Waals surface area (Å²) in [5, 5.41) is 10.6. The van der Waals surface area contributed by atoms with Gasteiger partial charge in [-0.25, -0.2) is 0 Å². The zero-order valence-corrected chi connectivity index (χ0v) is 7.16. The smallest absolute Gasteiger partial charge is 0.256 e. The molecule has 66 valence electrons. The highest BCUT2D eigenvalue weighted by atomic mass is 16.3. The molecule has 0 aliphatic heterocycles. The first-order valence-electron chi connectivity index (χ1n) is 4.00. The zero-order valence-electron chi connectivity index (χ0n) is 7.16. The topological polar surface area (TPSA) is 53.1 Å². The fourth-order valence-electron chi connectivity index (χ4n) is 1.46. The van der Waals surface area contributed by atoms with E-state index in [1.807, 2.05) is 6.92 Å². The Kier molecular flexibility index (Phi) is 1.59. The third-order valence-electron chi connectivity index (χ3n) is 2.12. The van der Waals surface area contributed by atoms with Crippen LogP contribution in [-0.4, -0.2) is 10.1 Å². The number of aromatic amines is 1. The summed E-state index contributed by atoms with van der Waals surface area (Å²) in [5.74, 6) is 0.145. The van der Waals surface area contributed by atoms with Crippen LogP contribution in [0.25, 0.3) is 10.8 Å². The number of hydrogen-bond acceptors (Lipinski definition) is 2. The van der Waals surface area contributed by atoms with Crippen molar-refractivity contribution in [3.05, 3.63) is 40.3 Å². The lowest BCUT2D eigenvalue weighted by molar-refractivity contribution is 0.481. The van der Waals surface area contributed by atoms with Crippen LogP contribution in [0.3, 0.4) is 0 Å². The van der Waals surface area contributed by atoms with Crippen LogP contribution in [0.1, 0.15) is 5.56 Å². The van der Waals surface area contributed by atoms with Crippen LogP contribution in [0, 0.1) is 6.92 Å². The average molecular weight is 175 g/mol. The van der Waals surface area contributed by atoms with Gasteiger partial charge in [0.1, 0.15) is 5.75 Å². The summed E-state index contributed by atoms with van der Waals surface area (Å²) in [5.41, 5.74) is 0.709. The predicted octanol–water partition coefficient (Wildman–Crippen LogP) is 1.54. The monoisotopic (exact) mass is 175 g/mol. The van der Waals surface area contributed by atoms with Gasteiger partial charge in [-0.05, 0) is 24.6 Å². The van der Waals surface area contributed by atoms with E-state index in [1.54, 1.807) is 18.2 Å². The molecule has 1 aromatic carbocycles. The van der Waals surface area contributed by atoms with E-state index in [1.165, 1.54) is 6.20 Å². The third-order valence-corrected chi connectivity index (χ3v) is 2.12. The Hall–Kier alpha value is -1.77. The molecule has 13 heavy (non-hydrogen) atoms. The Morgan fingerprint density at radius 2 is 2.08 bits per heavy atom. The van der Waals surface area contributed by atoms with Crippen LogP contribution in [0.15, 0.2) is 29.2 Å². The maximum atomic E-state index is 11.4. The van der Waals surface area contributed by atoms with E-state index < -0.39 is 0 Å². The highest BCUT2D eigenvalue weighted by Crippen LogP contribution is 2.23. The molecule has 1 aromatic heterocycles. The van der Waals surface area contributed by atoms with Crippen molar-refractivity contribution in [3.63, 3.8) is 0 Å². The Morgan fingerprint density at radius 1 is 1.31 bits per heavy atom. The molecule has 0 radical (unpaired) electrons. The molecular weight excluding hydrogens is 166 g/mol. The van der Waals surface area contributed by atoms with Gasteiger partial charge < -0.3 is 10.1 Å². The first-order chi connectivity index (χ1) is 6.20. The number of phenols is 1. The van der Waals surface area contributed by atoms with E-state index in [-0.39, 0.29) is 11.3 Å². The molecule has 0 spiro atoms. The first-order valence-corrected chi connectivity index (χ1v) is 4.00. The minimum atomic E-state index is -0.161. The molecule has 2 N–H and O–H groups in total. The van der Waals surface area contributed by atoms with Gasteiger partial charge in [0.2, 0.25) is 0 Å². The number of phenolic OH excluding ortho intramolecular Hbond substituents is 1. The molecule has 0 saturated carbocycles.